The standard InChI is InChI=1S/C25H25N5O3S/c1-17-8-9-20(14-18(17)2)33-16-23(32)29-12-10-28(11-13-29)21-15-22(31)30-25(26-21)34-24(27-30)19-6-4-3-5-7-19/h3-9,14-15H,10-13,16H2,1-2H3. The molecule has 0 unspecified atom stereocenters. The van der Waals surface area contributed by atoms with Crippen LogP contribution in [0.1, 0.15) is 11.1 Å². The van der Waals surface area contributed by atoms with Gasteiger partial charge in [-0.2, -0.15) is 9.61 Å². The molecule has 0 N–H and O–H groups in total. The fraction of sp³-hybridized carbons (Fsp3) is 0.280. The van der Waals surface area contributed by atoms with Crippen molar-refractivity contribution < 1.29 is 9.53 Å². The third kappa shape index (κ3) is 4.51. The number of rotatable bonds is 5. The van der Waals surface area contributed by atoms with Gasteiger partial charge in [0.05, 0.1) is 0 Å². The minimum Gasteiger partial charge on any atom is -0.484 e. The van der Waals surface area contributed by atoms with Gasteiger partial charge >= 0.3 is 0 Å². The van der Waals surface area contributed by atoms with E-state index in [9.17, 15) is 9.59 Å². The van der Waals surface area contributed by atoms with Gasteiger partial charge in [-0.25, -0.2) is 4.98 Å². The molecule has 4 aromatic rings. The first-order valence-corrected chi connectivity index (χ1v) is 12.0. The number of hydrogen-bond acceptors (Lipinski definition) is 7. The molecule has 9 heteroatoms. The van der Waals surface area contributed by atoms with Gasteiger partial charge in [-0.15, -0.1) is 0 Å². The Morgan fingerprint density at radius 2 is 1.76 bits per heavy atom. The van der Waals surface area contributed by atoms with Crippen LogP contribution < -0.4 is 15.2 Å². The lowest BCUT2D eigenvalue weighted by atomic mass is 10.1. The highest BCUT2D eigenvalue weighted by atomic mass is 32.1. The Morgan fingerprint density at radius 1 is 1.00 bits per heavy atom. The lowest BCUT2D eigenvalue weighted by molar-refractivity contribution is -0.133. The van der Waals surface area contributed by atoms with Gasteiger partial charge in [0.15, 0.2) is 6.61 Å². The van der Waals surface area contributed by atoms with E-state index in [2.05, 4.69) is 10.1 Å². The van der Waals surface area contributed by atoms with Gasteiger partial charge in [0.1, 0.15) is 16.6 Å². The molecule has 1 aliphatic heterocycles. The number of carbonyl (C=O) groups is 1. The van der Waals surface area contributed by atoms with E-state index in [-0.39, 0.29) is 18.1 Å². The van der Waals surface area contributed by atoms with E-state index < -0.39 is 0 Å². The van der Waals surface area contributed by atoms with E-state index in [1.54, 1.807) is 4.90 Å². The molecule has 1 fully saturated rings. The van der Waals surface area contributed by atoms with Gasteiger partial charge in [-0.1, -0.05) is 47.7 Å². The number of hydrogen-bond donors (Lipinski definition) is 0. The molecule has 0 radical (unpaired) electrons. The molecule has 3 heterocycles. The summed E-state index contributed by atoms with van der Waals surface area (Å²) in [5.74, 6) is 1.27. The Morgan fingerprint density at radius 3 is 2.50 bits per heavy atom. The molecule has 2 aromatic carbocycles. The molecule has 0 saturated carbocycles. The number of amides is 1. The van der Waals surface area contributed by atoms with Crippen LogP contribution in [-0.4, -0.2) is 58.2 Å². The van der Waals surface area contributed by atoms with E-state index >= 15 is 0 Å². The summed E-state index contributed by atoms with van der Waals surface area (Å²) in [6.07, 6.45) is 0. The fourth-order valence-electron chi connectivity index (χ4n) is 3.88. The second-order valence-corrected chi connectivity index (χ2v) is 9.28. The number of anilines is 1. The Labute approximate surface area is 201 Å². The quantitative estimate of drug-likeness (QED) is 0.441. The van der Waals surface area contributed by atoms with Crippen LogP contribution in [0.3, 0.4) is 0 Å². The maximum Gasteiger partial charge on any atom is 0.277 e. The molecule has 174 valence electrons. The van der Waals surface area contributed by atoms with E-state index in [0.29, 0.717) is 42.7 Å². The average molecular weight is 476 g/mol. The Kier molecular flexibility index (Phi) is 6.02. The van der Waals surface area contributed by atoms with Crippen molar-refractivity contribution in [2.75, 3.05) is 37.7 Å². The number of carbonyl (C=O) groups excluding carboxylic acids is 1. The van der Waals surface area contributed by atoms with Gasteiger partial charge < -0.3 is 14.5 Å². The van der Waals surface area contributed by atoms with Crippen LogP contribution >= 0.6 is 11.3 Å². The molecule has 34 heavy (non-hydrogen) atoms. The van der Waals surface area contributed by atoms with Gasteiger partial charge in [0.2, 0.25) is 4.96 Å². The second-order valence-electron chi connectivity index (χ2n) is 8.32. The third-order valence-corrected chi connectivity index (χ3v) is 7.01. The molecule has 8 nitrogen and oxygen atoms in total. The Balaban J connectivity index is 1.23. The van der Waals surface area contributed by atoms with Crippen molar-refractivity contribution in [3.63, 3.8) is 0 Å². The van der Waals surface area contributed by atoms with Crippen molar-refractivity contribution in [3.8, 4) is 16.3 Å². The monoisotopic (exact) mass is 475 g/mol. The maximum atomic E-state index is 12.7. The van der Waals surface area contributed by atoms with Crippen LogP contribution in [0.2, 0.25) is 0 Å². The van der Waals surface area contributed by atoms with Crippen LogP contribution in [0.4, 0.5) is 5.82 Å². The highest BCUT2D eigenvalue weighted by molar-refractivity contribution is 7.19. The smallest absolute Gasteiger partial charge is 0.277 e. The largest absolute Gasteiger partial charge is 0.484 e. The molecule has 2 aromatic heterocycles. The molecule has 1 amide bonds. The summed E-state index contributed by atoms with van der Waals surface area (Å²) in [6, 6.07) is 17.1. The van der Waals surface area contributed by atoms with Crippen LogP contribution in [0.5, 0.6) is 5.75 Å². The summed E-state index contributed by atoms with van der Waals surface area (Å²) in [6.45, 7) is 6.38. The Bertz CT molecular complexity index is 1390. The number of piperazine rings is 1. The zero-order valence-corrected chi connectivity index (χ0v) is 19.9. The minimum atomic E-state index is -0.210. The molecule has 1 aliphatic rings. The first-order chi connectivity index (χ1) is 16.5. The summed E-state index contributed by atoms with van der Waals surface area (Å²) in [5.41, 5.74) is 3.07. The van der Waals surface area contributed by atoms with E-state index in [0.717, 1.165) is 16.1 Å². The zero-order chi connectivity index (χ0) is 23.7. The summed E-state index contributed by atoms with van der Waals surface area (Å²) in [5, 5.41) is 5.19. The lowest BCUT2D eigenvalue weighted by Gasteiger charge is -2.35. The van der Waals surface area contributed by atoms with Crippen molar-refractivity contribution in [2.24, 2.45) is 0 Å². The summed E-state index contributed by atoms with van der Waals surface area (Å²) >= 11 is 1.39. The average Bonchev–Trinajstić information content (AvgIpc) is 3.30. The van der Waals surface area contributed by atoms with Gasteiger partial charge in [-0.05, 0) is 37.1 Å². The first kappa shape index (κ1) is 22.1. The zero-order valence-electron chi connectivity index (χ0n) is 19.1. The highest BCUT2D eigenvalue weighted by Crippen LogP contribution is 2.25. The molecular weight excluding hydrogens is 450 g/mol. The van der Waals surface area contributed by atoms with Crippen molar-refractivity contribution in [3.05, 3.63) is 76.1 Å². The predicted octanol–water partition coefficient (Wildman–Crippen LogP) is 3.16. The van der Waals surface area contributed by atoms with Crippen molar-refractivity contribution >= 4 is 28.0 Å². The number of benzene rings is 2. The third-order valence-electron chi connectivity index (χ3n) is 6.05. The molecule has 1 saturated heterocycles. The summed E-state index contributed by atoms with van der Waals surface area (Å²) in [7, 11) is 0. The SMILES string of the molecule is Cc1ccc(OCC(=O)N2CCN(c3cc(=O)n4nc(-c5ccccc5)sc4n3)CC2)cc1C. The van der Waals surface area contributed by atoms with Crippen LogP contribution in [0.25, 0.3) is 15.5 Å². The lowest BCUT2D eigenvalue weighted by Crippen LogP contribution is -2.50. The first-order valence-electron chi connectivity index (χ1n) is 11.2. The van der Waals surface area contributed by atoms with E-state index in [1.165, 1.54) is 27.5 Å². The number of aromatic nitrogens is 3. The van der Waals surface area contributed by atoms with Crippen LogP contribution in [-0.2, 0) is 4.79 Å². The van der Waals surface area contributed by atoms with Gasteiger partial charge in [0, 0.05) is 37.8 Å². The van der Waals surface area contributed by atoms with E-state index in [4.69, 9.17) is 4.74 Å². The van der Waals surface area contributed by atoms with Crippen LogP contribution in [0, 0.1) is 13.8 Å². The van der Waals surface area contributed by atoms with Crippen molar-refractivity contribution in [1.29, 1.82) is 0 Å². The minimum absolute atomic E-state index is 0.0111. The molecule has 0 bridgehead atoms. The van der Waals surface area contributed by atoms with Gasteiger partial charge in [0.25, 0.3) is 11.5 Å². The fourth-order valence-corrected chi connectivity index (χ4v) is 4.79. The molecule has 0 spiro atoms. The summed E-state index contributed by atoms with van der Waals surface area (Å²) in [4.78, 5) is 34.4. The van der Waals surface area contributed by atoms with Crippen LogP contribution in [0.15, 0.2) is 59.4 Å². The number of fused-ring (bicyclic) bond motifs is 1. The van der Waals surface area contributed by atoms with Gasteiger partial charge in [-0.3, -0.25) is 9.59 Å². The number of ether oxygens (including phenoxy) is 1. The maximum absolute atomic E-state index is 12.7. The molecular formula is C25H25N5O3S. The second kappa shape index (κ2) is 9.26. The Hall–Kier alpha value is -3.72. The number of nitrogens with zero attached hydrogens (tertiary/aromatic N) is 5. The molecule has 0 atom stereocenters. The van der Waals surface area contributed by atoms with Crippen molar-refractivity contribution in [1.82, 2.24) is 19.5 Å². The molecule has 0 aliphatic carbocycles. The topological polar surface area (TPSA) is 80.0 Å². The normalized spacial score (nSPS) is 13.9. The predicted molar refractivity (Wildman–Crippen MR) is 133 cm³/mol. The number of aryl methyl sites for hydroxylation is 2. The van der Waals surface area contributed by atoms with E-state index in [1.807, 2.05) is 67.3 Å². The molecule has 5 rings (SSSR count). The highest BCUT2D eigenvalue weighted by Gasteiger charge is 2.23. The summed E-state index contributed by atoms with van der Waals surface area (Å²) < 4.78 is 7.05. The van der Waals surface area contributed by atoms with Crippen molar-refractivity contribution in [2.45, 2.75) is 13.8 Å².